The second-order valence-electron chi connectivity index (χ2n) is 3.58. The summed E-state index contributed by atoms with van der Waals surface area (Å²) in [6, 6.07) is 5.78. The Bertz CT molecular complexity index is 608. The summed E-state index contributed by atoms with van der Waals surface area (Å²) in [5.74, 6) is -0.337. The van der Waals surface area contributed by atoms with Crippen molar-refractivity contribution in [3.05, 3.63) is 42.6 Å². The zero-order chi connectivity index (χ0) is 14.8. The number of carbonyl (C=O) groups excluding carboxylic acids is 1. The molecule has 1 rings (SSSR count). The maximum Gasteiger partial charge on any atom is 0.257 e. The lowest BCUT2D eigenvalue weighted by molar-refractivity contribution is 0.0850. The minimum absolute atomic E-state index is 0.0152. The van der Waals surface area contributed by atoms with Crippen LogP contribution in [-0.4, -0.2) is 27.7 Å². The summed E-state index contributed by atoms with van der Waals surface area (Å²) in [4.78, 5) is 13.2. The quantitative estimate of drug-likeness (QED) is 0.629. The van der Waals surface area contributed by atoms with E-state index in [1.807, 2.05) is 0 Å². The number of nitrogens with zero attached hydrogens (tertiary/aromatic N) is 1. The molecule has 1 amide bonds. The van der Waals surface area contributed by atoms with Crippen molar-refractivity contribution in [3.8, 4) is 0 Å². The minimum atomic E-state index is -3.71. The van der Waals surface area contributed by atoms with Gasteiger partial charge in [0.05, 0.1) is 4.90 Å². The molecule has 0 heterocycles. The monoisotopic (exact) mass is 473 g/mol. The van der Waals surface area contributed by atoms with E-state index in [0.29, 0.717) is 0 Å². The zero-order valence-electron chi connectivity index (χ0n) is 9.81. The number of amides is 1. The summed E-state index contributed by atoms with van der Waals surface area (Å²) in [5, 5.41) is 0. The highest BCUT2D eigenvalue weighted by Crippen LogP contribution is 2.43. The van der Waals surface area contributed by atoms with E-state index in [4.69, 9.17) is 0 Å². The SMILES string of the molecule is C=CN(C)C(=O)c1cccc(S(=O)(=O)C(Br)(Br)Br)c1. The number of carbonyl (C=O) groups is 1. The standard InChI is InChI=1S/C11H10Br3NO3S/c1-3-15(2)10(16)8-5-4-6-9(7-8)19(17,18)11(12,13)14/h3-7H,1H2,2H3. The molecule has 1 aromatic carbocycles. The maximum atomic E-state index is 12.2. The Morgan fingerprint density at radius 3 is 2.42 bits per heavy atom. The van der Waals surface area contributed by atoms with E-state index in [0.717, 1.165) is 0 Å². The van der Waals surface area contributed by atoms with Gasteiger partial charge in [-0.2, -0.15) is 0 Å². The average Bonchev–Trinajstić information content (AvgIpc) is 2.35. The van der Waals surface area contributed by atoms with Gasteiger partial charge in [-0.1, -0.05) is 12.6 Å². The second-order valence-corrected chi connectivity index (χ2v) is 14.0. The first kappa shape index (κ1) is 16.9. The Kier molecular flexibility index (Phi) is 5.39. The number of halogens is 3. The lowest BCUT2D eigenvalue weighted by atomic mass is 10.2. The summed E-state index contributed by atoms with van der Waals surface area (Å²) in [6.07, 6.45) is 1.35. The van der Waals surface area contributed by atoms with Crippen LogP contribution in [0.4, 0.5) is 0 Å². The lowest BCUT2D eigenvalue weighted by Crippen LogP contribution is -2.22. The Balaban J connectivity index is 3.30. The van der Waals surface area contributed by atoms with Crippen LogP contribution in [0, 0.1) is 0 Å². The van der Waals surface area contributed by atoms with Gasteiger partial charge in [0, 0.05) is 12.6 Å². The first-order valence-electron chi connectivity index (χ1n) is 4.92. The van der Waals surface area contributed by atoms with Gasteiger partial charge >= 0.3 is 0 Å². The molecule has 4 nitrogen and oxygen atoms in total. The van der Waals surface area contributed by atoms with E-state index in [9.17, 15) is 13.2 Å². The summed E-state index contributed by atoms with van der Waals surface area (Å²) >= 11 is 8.92. The topological polar surface area (TPSA) is 54.5 Å². The van der Waals surface area contributed by atoms with Crippen LogP contribution in [-0.2, 0) is 9.84 Å². The molecule has 0 atom stereocenters. The van der Waals surface area contributed by atoms with Gasteiger partial charge in [-0.15, -0.1) is 0 Å². The first-order valence-corrected chi connectivity index (χ1v) is 8.78. The van der Waals surface area contributed by atoms with Gasteiger partial charge in [-0.25, -0.2) is 8.42 Å². The van der Waals surface area contributed by atoms with Crippen LogP contribution in [0.1, 0.15) is 10.4 Å². The molecule has 0 saturated heterocycles. The molecule has 0 N–H and O–H groups in total. The number of alkyl halides is 3. The predicted octanol–water partition coefficient (Wildman–Crippen LogP) is 3.47. The van der Waals surface area contributed by atoms with E-state index in [2.05, 4.69) is 54.4 Å². The molecular weight excluding hydrogens is 466 g/mol. The largest absolute Gasteiger partial charge is 0.319 e. The number of sulfone groups is 1. The molecule has 0 bridgehead atoms. The molecule has 19 heavy (non-hydrogen) atoms. The van der Waals surface area contributed by atoms with Crippen molar-refractivity contribution in [2.75, 3.05) is 7.05 Å². The van der Waals surface area contributed by atoms with Crippen LogP contribution in [0.5, 0.6) is 0 Å². The van der Waals surface area contributed by atoms with Gasteiger partial charge in [-0.3, -0.25) is 4.79 Å². The number of hydrogen-bond acceptors (Lipinski definition) is 3. The highest BCUT2D eigenvalue weighted by Gasteiger charge is 2.37. The third kappa shape index (κ3) is 3.68. The molecule has 0 saturated carbocycles. The molecule has 104 valence electrons. The van der Waals surface area contributed by atoms with E-state index >= 15 is 0 Å². The van der Waals surface area contributed by atoms with Crippen LogP contribution in [0.25, 0.3) is 0 Å². The highest BCUT2D eigenvalue weighted by molar-refractivity contribution is 9.42. The van der Waals surface area contributed by atoms with E-state index in [-0.39, 0.29) is 16.4 Å². The summed E-state index contributed by atoms with van der Waals surface area (Å²) < 4.78 is 22.9. The molecular formula is C11H10Br3NO3S. The van der Waals surface area contributed by atoms with Crippen molar-refractivity contribution >= 4 is 63.5 Å². The average molecular weight is 476 g/mol. The van der Waals surface area contributed by atoms with Crippen LogP contribution in [0.15, 0.2) is 41.9 Å². The number of benzene rings is 1. The van der Waals surface area contributed by atoms with Crippen molar-refractivity contribution in [1.82, 2.24) is 4.90 Å². The molecule has 0 aliphatic heterocycles. The third-order valence-corrected chi connectivity index (χ3v) is 7.61. The van der Waals surface area contributed by atoms with Crippen LogP contribution < -0.4 is 0 Å². The van der Waals surface area contributed by atoms with Crippen molar-refractivity contribution in [3.63, 3.8) is 0 Å². The second kappa shape index (κ2) is 6.07. The van der Waals surface area contributed by atoms with E-state index in [1.165, 1.54) is 29.3 Å². The van der Waals surface area contributed by atoms with Gasteiger partial charge in [-0.05, 0) is 72.2 Å². The van der Waals surface area contributed by atoms with E-state index in [1.54, 1.807) is 13.1 Å². The van der Waals surface area contributed by atoms with Gasteiger partial charge in [0.25, 0.3) is 5.91 Å². The van der Waals surface area contributed by atoms with E-state index < -0.39 is 11.3 Å². The predicted molar refractivity (Wildman–Crippen MR) is 85.4 cm³/mol. The third-order valence-electron chi connectivity index (χ3n) is 2.29. The van der Waals surface area contributed by atoms with Crippen molar-refractivity contribution < 1.29 is 13.2 Å². The number of rotatable bonds is 3. The van der Waals surface area contributed by atoms with Gasteiger partial charge in [0.1, 0.15) is 0 Å². The highest BCUT2D eigenvalue weighted by atomic mass is 80.0. The Hall–Kier alpha value is -0.180. The van der Waals surface area contributed by atoms with Crippen molar-refractivity contribution in [2.45, 2.75) is 6.37 Å². The fourth-order valence-corrected chi connectivity index (χ4v) is 3.71. The van der Waals surface area contributed by atoms with Gasteiger partial charge in [0.15, 0.2) is 0 Å². The fraction of sp³-hybridized carbons (Fsp3) is 0.182. The summed E-state index contributed by atoms with van der Waals surface area (Å²) in [5.41, 5.74) is 0.264. The Morgan fingerprint density at radius 2 is 1.95 bits per heavy atom. The summed E-state index contributed by atoms with van der Waals surface area (Å²) in [7, 11) is -2.17. The van der Waals surface area contributed by atoms with Crippen LogP contribution in [0.2, 0.25) is 0 Å². The van der Waals surface area contributed by atoms with Gasteiger partial charge < -0.3 is 4.90 Å². The normalized spacial score (nSPS) is 12.0. The maximum absolute atomic E-state index is 12.2. The fourth-order valence-electron chi connectivity index (χ4n) is 1.22. The molecule has 8 heteroatoms. The van der Waals surface area contributed by atoms with Crippen molar-refractivity contribution in [2.24, 2.45) is 0 Å². The molecule has 0 aromatic heterocycles. The first-order chi connectivity index (χ1) is 8.61. The molecule has 0 aliphatic carbocycles. The molecule has 0 aliphatic rings. The lowest BCUT2D eigenvalue weighted by Gasteiger charge is -2.15. The molecule has 0 fully saturated rings. The Morgan fingerprint density at radius 1 is 1.37 bits per heavy atom. The smallest absolute Gasteiger partial charge is 0.257 e. The number of hydrogen-bond donors (Lipinski definition) is 0. The molecule has 0 radical (unpaired) electrons. The van der Waals surface area contributed by atoms with Crippen LogP contribution in [0.3, 0.4) is 0 Å². The molecule has 0 unspecified atom stereocenters. The van der Waals surface area contributed by atoms with Gasteiger partial charge in [0.2, 0.25) is 11.3 Å². The zero-order valence-corrected chi connectivity index (χ0v) is 15.4. The molecule has 0 spiro atoms. The minimum Gasteiger partial charge on any atom is -0.319 e. The summed E-state index contributed by atoms with van der Waals surface area (Å²) in [6.45, 7) is 3.48. The van der Waals surface area contributed by atoms with Crippen molar-refractivity contribution in [1.29, 1.82) is 0 Å². The molecule has 1 aromatic rings. The Labute approximate surface area is 137 Å². The van der Waals surface area contributed by atoms with Crippen LogP contribution >= 0.6 is 47.8 Å².